The fraction of sp³-hybridized carbons (Fsp3) is 0.286. The normalized spacial score (nSPS) is 15.3. The maximum absolute atomic E-state index is 13.5. The van der Waals surface area contributed by atoms with Gasteiger partial charge in [-0.15, -0.1) is 0 Å². The molecule has 0 aliphatic carbocycles. The van der Waals surface area contributed by atoms with Crippen LogP contribution in [0.25, 0.3) is 0 Å². The number of amides is 1. The fourth-order valence-electron chi connectivity index (χ4n) is 4.28. The number of benzene rings is 3. The van der Waals surface area contributed by atoms with Gasteiger partial charge in [0.25, 0.3) is 0 Å². The second kappa shape index (κ2) is 12.1. The third kappa shape index (κ3) is 7.37. The molecule has 3 aromatic rings. The van der Waals surface area contributed by atoms with E-state index in [0.717, 1.165) is 22.3 Å². The number of aliphatic carboxylic acids is 1. The first-order valence-corrected chi connectivity index (χ1v) is 13.7. The van der Waals surface area contributed by atoms with Crippen LogP contribution in [-0.4, -0.2) is 34.1 Å². The van der Waals surface area contributed by atoms with Crippen molar-refractivity contribution in [3.8, 4) is 0 Å². The monoisotopic (exact) mass is 508 g/mol. The number of carbonyl (C=O) groups is 2. The number of carboxylic acid groups (broad SMARTS) is 1. The van der Waals surface area contributed by atoms with E-state index in [1.165, 1.54) is 0 Å². The molecule has 190 valence electrons. The van der Waals surface area contributed by atoms with E-state index < -0.39 is 37.0 Å². The molecule has 0 aliphatic rings. The third-order valence-electron chi connectivity index (χ3n) is 6.25. The van der Waals surface area contributed by atoms with Gasteiger partial charge in [0, 0.05) is 12.6 Å². The lowest BCUT2D eigenvalue weighted by Gasteiger charge is -2.26. The van der Waals surface area contributed by atoms with Crippen molar-refractivity contribution in [3.05, 3.63) is 107 Å². The van der Waals surface area contributed by atoms with Gasteiger partial charge in [-0.3, -0.25) is 9.36 Å². The van der Waals surface area contributed by atoms with E-state index in [2.05, 4.69) is 5.32 Å². The molecule has 0 aromatic heterocycles. The minimum absolute atomic E-state index is 0.0961. The molecule has 36 heavy (non-hydrogen) atoms. The molecule has 0 spiro atoms. The Morgan fingerprint density at radius 3 is 2.00 bits per heavy atom. The summed E-state index contributed by atoms with van der Waals surface area (Å²) in [6.45, 7) is 3.76. The number of hydrogen-bond acceptors (Lipinski definition) is 4. The van der Waals surface area contributed by atoms with Crippen molar-refractivity contribution in [2.75, 3.05) is 6.16 Å². The first-order chi connectivity index (χ1) is 17.1. The number of nitrogens with one attached hydrogen (secondary N) is 1. The fourth-order valence-corrected chi connectivity index (χ4v) is 6.16. The summed E-state index contributed by atoms with van der Waals surface area (Å²) < 4.78 is 13.5. The van der Waals surface area contributed by atoms with Crippen LogP contribution in [0.2, 0.25) is 0 Å². The lowest BCUT2D eigenvalue weighted by Crippen LogP contribution is -2.46. The molecule has 4 atom stereocenters. The first-order valence-electron chi connectivity index (χ1n) is 11.8. The van der Waals surface area contributed by atoms with E-state index in [-0.39, 0.29) is 19.0 Å². The summed E-state index contributed by atoms with van der Waals surface area (Å²) in [5, 5.41) is 12.3. The molecule has 3 aromatic carbocycles. The topological polar surface area (TPSA) is 130 Å². The lowest BCUT2D eigenvalue weighted by molar-refractivity contribution is -0.142. The zero-order valence-electron chi connectivity index (χ0n) is 20.5. The Kier molecular flexibility index (Phi) is 9.21. The van der Waals surface area contributed by atoms with Crippen molar-refractivity contribution in [2.24, 2.45) is 11.7 Å². The van der Waals surface area contributed by atoms with Crippen molar-refractivity contribution < 1.29 is 24.2 Å². The van der Waals surface area contributed by atoms with Crippen molar-refractivity contribution in [1.82, 2.24) is 5.32 Å². The maximum Gasteiger partial charge on any atom is 0.326 e. The second-order valence-electron chi connectivity index (χ2n) is 9.22. The molecular formula is C28H33N2O5P. The average molecular weight is 509 g/mol. The Labute approximate surface area is 211 Å². The summed E-state index contributed by atoms with van der Waals surface area (Å²) in [7, 11) is -4.06. The Hall–Kier alpha value is -3.25. The minimum Gasteiger partial charge on any atom is -0.480 e. The second-order valence-corrected chi connectivity index (χ2v) is 11.7. The molecule has 0 aliphatic heterocycles. The molecule has 3 rings (SSSR count). The van der Waals surface area contributed by atoms with Crippen LogP contribution in [0.1, 0.15) is 33.6 Å². The van der Waals surface area contributed by atoms with Crippen LogP contribution in [0, 0.1) is 19.8 Å². The number of nitrogens with two attached hydrogens (primary N) is 1. The molecular weight excluding hydrogens is 475 g/mol. The van der Waals surface area contributed by atoms with Crippen LogP contribution in [0.3, 0.4) is 0 Å². The van der Waals surface area contributed by atoms with Crippen LogP contribution >= 0.6 is 7.37 Å². The molecule has 0 bridgehead atoms. The Morgan fingerprint density at radius 1 is 0.917 bits per heavy atom. The van der Waals surface area contributed by atoms with Crippen molar-refractivity contribution in [2.45, 2.75) is 38.5 Å². The van der Waals surface area contributed by atoms with Gasteiger partial charge < -0.3 is 21.1 Å². The molecule has 5 N–H and O–H groups in total. The summed E-state index contributed by atoms with van der Waals surface area (Å²) in [4.78, 5) is 36.3. The van der Waals surface area contributed by atoms with Gasteiger partial charge in [-0.1, -0.05) is 84.4 Å². The van der Waals surface area contributed by atoms with Crippen LogP contribution in [0.4, 0.5) is 0 Å². The largest absolute Gasteiger partial charge is 0.480 e. The van der Waals surface area contributed by atoms with E-state index in [1.54, 1.807) is 30.3 Å². The van der Waals surface area contributed by atoms with E-state index in [1.807, 2.05) is 62.4 Å². The van der Waals surface area contributed by atoms with Gasteiger partial charge >= 0.3 is 5.97 Å². The summed E-state index contributed by atoms with van der Waals surface area (Å²) in [6.07, 6.45) is -0.104. The molecule has 7 nitrogen and oxygen atoms in total. The van der Waals surface area contributed by atoms with Crippen molar-refractivity contribution >= 4 is 19.2 Å². The SMILES string of the molecule is Cc1ccc(C(N)P(=O)(O)C[C@@H](Cc2ccccc2)C(=O)N[C@@H](Cc2ccccc2)C(=O)O)c(C)c1. The van der Waals surface area contributed by atoms with Crippen LogP contribution in [0.15, 0.2) is 78.9 Å². The summed E-state index contributed by atoms with van der Waals surface area (Å²) >= 11 is 0. The van der Waals surface area contributed by atoms with Gasteiger partial charge in [-0.25, -0.2) is 4.79 Å². The molecule has 1 amide bonds. The molecule has 2 unspecified atom stereocenters. The number of aryl methyl sites for hydroxylation is 2. The van der Waals surface area contributed by atoms with Gasteiger partial charge in [0.15, 0.2) is 0 Å². The molecule has 0 saturated heterocycles. The number of carboxylic acids is 1. The summed E-state index contributed by atoms with van der Waals surface area (Å²) in [5.41, 5.74) is 10.2. The quantitative estimate of drug-likeness (QED) is 0.287. The van der Waals surface area contributed by atoms with Gasteiger partial charge in [-0.05, 0) is 42.5 Å². The number of rotatable bonds is 11. The molecule has 0 saturated carbocycles. The van der Waals surface area contributed by atoms with Gasteiger partial charge in [-0.2, -0.15) is 0 Å². The predicted molar refractivity (Wildman–Crippen MR) is 141 cm³/mol. The van der Waals surface area contributed by atoms with E-state index >= 15 is 0 Å². The highest BCUT2D eigenvalue weighted by Gasteiger charge is 2.36. The minimum atomic E-state index is -4.06. The first kappa shape index (κ1) is 27.3. The van der Waals surface area contributed by atoms with Crippen molar-refractivity contribution in [3.63, 3.8) is 0 Å². The van der Waals surface area contributed by atoms with Crippen LogP contribution < -0.4 is 11.1 Å². The van der Waals surface area contributed by atoms with Crippen LogP contribution in [-0.2, 0) is 27.0 Å². The zero-order valence-corrected chi connectivity index (χ0v) is 21.4. The highest BCUT2D eigenvalue weighted by molar-refractivity contribution is 7.58. The molecule has 0 radical (unpaired) electrons. The van der Waals surface area contributed by atoms with E-state index in [4.69, 9.17) is 5.73 Å². The molecule has 0 heterocycles. The van der Waals surface area contributed by atoms with Crippen molar-refractivity contribution in [1.29, 1.82) is 0 Å². The van der Waals surface area contributed by atoms with E-state index in [0.29, 0.717) is 5.56 Å². The number of hydrogen-bond donors (Lipinski definition) is 4. The standard InChI is InChI=1S/C28H33N2O5P/c1-19-13-14-24(20(2)15-19)26(29)36(34,35)18-23(16-21-9-5-3-6-10-21)27(31)30-25(28(32)33)17-22-11-7-4-8-12-22/h3-15,23,25-26H,16-18,29H2,1-2H3,(H,30,31)(H,32,33)(H,34,35)/t23-,25+,26?/m1/s1. The van der Waals surface area contributed by atoms with Gasteiger partial charge in [0.05, 0.1) is 5.92 Å². The highest BCUT2D eigenvalue weighted by Crippen LogP contribution is 2.54. The van der Waals surface area contributed by atoms with Crippen LogP contribution in [0.5, 0.6) is 0 Å². The lowest BCUT2D eigenvalue weighted by atomic mass is 9.99. The van der Waals surface area contributed by atoms with Gasteiger partial charge in [0.2, 0.25) is 13.3 Å². The predicted octanol–water partition coefficient (Wildman–Crippen LogP) is 4.20. The zero-order chi connectivity index (χ0) is 26.3. The summed E-state index contributed by atoms with van der Waals surface area (Å²) in [6, 6.07) is 22.4. The maximum atomic E-state index is 13.5. The molecule has 0 fully saturated rings. The number of carbonyl (C=O) groups excluding carboxylic acids is 1. The Bertz CT molecular complexity index is 1230. The Balaban J connectivity index is 1.85. The highest BCUT2D eigenvalue weighted by atomic mass is 31.2. The Morgan fingerprint density at radius 2 is 1.47 bits per heavy atom. The van der Waals surface area contributed by atoms with E-state index in [9.17, 15) is 24.2 Å². The van der Waals surface area contributed by atoms with Gasteiger partial charge in [0.1, 0.15) is 11.8 Å². The average Bonchev–Trinajstić information content (AvgIpc) is 2.84. The summed E-state index contributed by atoms with van der Waals surface area (Å²) in [5.74, 6) is -3.88. The smallest absolute Gasteiger partial charge is 0.326 e. The third-order valence-corrected chi connectivity index (χ3v) is 8.36. The molecule has 8 heteroatoms.